The van der Waals surface area contributed by atoms with Crippen LogP contribution in [0.3, 0.4) is 0 Å². The molecule has 4 heteroatoms. The van der Waals surface area contributed by atoms with Crippen molar-refractivity contribution in [1.82, 2.24) is 0 Å². The van der Waals surface area contributed by atoms with Crippen LogP contribution in [0, 0.1) is 35.5 Å². The van der Waals surface area contributed by atoms with Crippen LogP contribution >= 0.6 is 0 Å². The lowest BCUT2D eigenvalue weighted by atomic mass is 9.73. The maximum Gasteiger partial charge on any atom is 0.310 e. The van der Waals surface area contributed by atoms with Crippen molar-refractivity contribution in [2.75, 3.05) is 13.2 Å². The summed E-state index contributed by atoms with van der Waals surface area (Å²) >= 11 is 0. The maximum atomic E-state index is 13.0. The van der Waals surface area contributed by atoms with Gasteiger partial charge in [0.15, 0.2) is 0 Å². The van der Waals surface area contributed by atoms with E-state index < -0.39 is 0 Å². The van der Waals surface area contributed by atoms with Crippen LogP contribution in [0.4, 0.5) is 0 Å². The lowest BCUT2D eigenvalue weighted by Gasteiger charge is -2.32. The van der Waals surface area contributed by atoms with Gasteiger partial charge in [-0.05, 0) is 43.9 Å². The third kappa shape index (κ3) is 4.68. The van der Waals surface area contributed by atoms with Gasteiger partial charge in [-0.15, -0.1) is 0 Å². The molecule has 0 aliphatic heterocycles. The zero-order valence-electron chi connectivity index (χ0n) is 17.3. The average Bonchev–Trinajstić information content (AvgIpc) is 3.10. The molecule has 0 aromatic carbocycles. The Morgan fingerprint density at radius 3 is 1.37 bits per heavy atom. The molecule has 0 aromatic rings. The van der Waals surface area contributed by atoms with Crippen LogP contribution < -0.4 is 0 Å². The first kappa shape index (κ1) is 20.7. The molecular weight excluding hydrogens is 340 g/mol. The summed E-state index contributed by atoms with van der Waals surface area (Å²) in [5.41, 5.74) is 0. The SMILES string of the molecule is CCOC(=O)C1C(C2CCCCC2)CC(C2CCCCC2)C1C(=O)OCC. The van der Waals surface area contributed by atoms with Gasteiger partial charge in [-0.2, -0.15) is 0 Å². The summed E-state index contributed by atoms with van der Waals surface area (Å²) in [5.74, 6) is 0.848. The van der Waals surface area contributed by atoms with E-state index in [-0.39, 0.29) is 23.8 Å². The van der Waals surface area contributed by atoms with Gasteiger partial charge in [0, 0.05) is 0 Å². The van der Waals surface area contributed by atoms with Crippen LogP contribution in [-0.2, 0) is 19.1 Å². The van der Waals surface area contributed by atoms with Crippen LogP contribution in [0.25, 0.3) is 0 Å². The van der Waals surface area contributed by atoms with Gasteiger partial charge < -0.3 is 9.47 Å². The molecule has 0 bridgehead atoms. The molecule has 3 aliphatic rings. The smallest absolute Gasteiger partial charge is 0.310 e. The number of esters is 2. The highest BCUT2D eigenvalue weighted by Crippen LogP contribution is 2.54. The molecule has 3 saturated carbocycles. The van der Waals surface area contributed by atoms with Crippen molar-refractivity contribution >= 4 is 11.9 Å². The molecule has 4 unspecified atom stereocenters. The van der Waals surface area contributed by atoms with Crippen molar-refractivity contribution in [2.45, 2.75) is 84.5 Å². The summed E-state index contributed by atoms with van der Waals surface area (Å²) in [4.78, 5) is 26.0. The molecule has 0 amide bonds. The summed E-state index contributed by atoms with van der Waals surface area (Å²) in [5, 5.41) is 0. The van der Waals surface area contributed by atoms with E-state index in [1.165, 1.54) is 64.2 Å². The quantitative estimate of drug-likeness (QED) is 0.600. The molecule has 4 nitrogen and oxygen atoms in total. The van der Waals surface area contributed by atoms with E-state index in [2.05, 4.69) is 0 Å². The number of carbonyl (C=O) groups excluding carboxylic acids is 2. The number of hydrogen-bond acceptors (Lipinski definition) is 4. The Bertz CT molecular complexity index is 447. The van der Waals surface area contributed by atoms with Crippen molar-refractivity contribution in [1.29, 1.82) is 0 Å². The van der Waals surface area contributed by atoms with Crippen molar-refractivity contribution < 1.29 is 19.1 Å². The normalized spacial score (nSPS) is 33.0. The fourth-order valence-electron chi connectivity index (χ4n) is 6.36. The minimum absolute atomic E-state index is 0.149. The summed E-state index contributed by atoms with van der Waals surface area (Å²) in [6, 6.07) is 0. The van der Waals surface area contributed by atoms with E-state index in [9.17, 15) is 9.59 Å². The van der Waals surface area contributed by atoms with E-state index in [4.69, 9.17) is 9.47 Å². The van der Waals surface area contributed by atoms with E-state index in [1.54, 1.807) is 0 Å². The minimum atomic E-state index is -0.293. The van der Waals surface area contributed by atoms with Gasteiger partial charge in [0.1, 0.15) is 0 Å². The van der Waals surface area contributed by atoms with Crippen LogP contribution in [0.15, 0.2) is 0 Å². The third-order valence-corrected chi connectivity index (χ3v) is 7.48. The number of carbonyl (C=O) groups is 2. The zero-order valence-corrected chi connectivity index (χ0v) is 17.3. The lowest BCUT2D eigenvalue weighted by molar-refractivity contribution is -0.162. The molecule has 0 heterocycles. The highest BCUT2D eigenvalue weighted by Gasteiger charge is 2.55. The third-order valence-electron chi connectivity index (χ3n) is 7.48. The molecule has 154 valence electrons. The Labute approximate surface area is 164 Å². The number of hydrogen-bond donors (Lipinski definition) is 0. The molecule has 0 saturated heterocycles. The van der Waals surface area contributed by atoms with Crippen LogP contribution in [-0.4, -0.2) is 25.2 Å². The molecule has 0 N–H and O–H groups in total. The largest absolute Gasteiger partial charge is 0.466 e. The summed E-state index contributed by atoms with van der Waals surface area (Å²) in [7, 11) is 0. The second-order valence-corrected chi connectivity index (χ2v) is 8.92. The van der Waals surface area contributed by atoms with Gasteiger partial charge in [-0.1, -0.05) is 64.2 Å². The van der Waals surface area contributed by atoms with Crippen LogP contribution in [0.5, 0.6) is 0 Å². The van der Waals surface area contributed by atoms with Gasteiger partial charge in [-0.3, -0.25) is 9.59 Å². The molecule has 3 rings (SSSR count). The maximum absolute atomic E-state index is 13.0. The number of rotatable bonds is 6. The summed E-state index contributed by atoms with van der Waals surface area (Å²) in [6.45, 7) is 4.49. The Morgan fingerprint density at radius 2 is 1.04 bits per heavy atom. The van der Waals surface area contributed by atoms with E-state index in [0.717, 1.165) is 6.42 Å². The van der Waals surface area contributed by atoms with Crippen molar-refractivity contribution in [3.05, 3.63) is 0 Å². The van der Waals surface area contributed by atoms with Gasteiger partial charge in [-0.25, -0.2) is 0 Å². The lowest BCUT2D eigenvalue weighted by Crippen LogP contribution is -2.38. The zero-order chi connectivity index (χ0) is 19.2. The molecule has 4 atom stereocenters. The average molecular weight is 379 g/mol. The van der Waals surface area contributed by atoms with Crippen molar-refractivity contribution in [3.63, 3.8) is 0 Å². The minimum Gasteiger partial charge on any atom is -0.466 e. The topological polar surface area (TPSA) is 52.6 Å². The van der Waals surface area contributed by atoms with E-state index in [0.29, 0.717) is 36.9 Å². The predicted molar refractivity (Wildman–Crippen MR) is 105 cm³/mol. The van der Waals surface area contributed by atoms with E-state index >= 15 is 0 Å². The first-order valence-electron chi connectivity index (χ1n) is 11.5. The second-order valence-electron chi connectivity index (χ2n) is 8.92. The van der Waals surface area contributed by atoms with Gasteiger partial charge in [0.25, 0.3) is 0 Å². The fraction of sp³-hybridized carbons (Fsp3) is 0.913. The predicted octanol–water partition coefficient (Wildman–Crippen LogP) is 5.14. The van der Waals surface area contributed by atoms with Crippen LogP contribution in [0.2, 0.25) is 0 Å². The summed E-state index contributed by atoms with van der Waals surface area (Å²) in [6.07, 6.45) is 13.5. The Kier molecular flexibility index (Phi) is 7.60. The molecule has 0 spiro atoms. The van der Waals surface area contributed by atoms with Gasteiger partial charge in [0.05, 0.1) is 25.0 Å². The monoisotopic (exact) mass is 378 g/mol. The van der Waals surface area contributed by atoms with Gasteiger partial charge in [0.2, 0.25) is 0 Å². The highest BCUT2D eigenvalue weighted by atomic mass is 16.5. The second kappa shape index (κ2) is 9.93. The van der Waals surface area contributed by atoms with Crippen LogP contribution in [0.1, 0.15) is 84.5 Å². The molecular formula is C23H38O4. The van der Waals surface area contributed by atoms with E-state index in [1.807, 2.05) is 13.8 Å². The first-order valence-corrected chi connectivity index (χ1v) is 11.5. The van der Waals surface area contributed by atoms with Gasteiger partial charge >= 0.3 is 11.9 Å². The van der Waals surface area contributed by atoms with Crippen molar-refractivity contribution in [2.24, 2.45) is 35.5 Å². The standard InChI is InChI=1S/C23H38O4/c1-3-26-22(24)20-18(16-11-7-5-8-12-16)15-19(17-13-9-6-10-14-17)21(20)23(25)27-4-2/h16-21H,3-15H2,1-2H3. The highest BCUT2D eigenvalue weighted by molar-refractivity contribution is 5.83. The molecule has 0 radical (unpaired) electrons. The van der Waals surface area contributed by atoms with Crippen molar-refractivity contribution in [3.8, 4) is 0 Å². The Hall–Kier alpha value is -1.06. The molecule has 3 aliphatic carbocycles. The summed E-state index contributed by atoms with van der Waals surface area (Å²) < 4.78 is 11.0. The fourth-order valence-corrected chi connectivity index (χ4v) is 6.36. The molecule has 3 fully saturated rings. The number of ether oxygens (including phenoxy) is 2. The Balaban J connectivity index is 1.89. The molecule has 0 aromatic heterocycles. The Morgan fingerprint density at radius 1 is 0.667 bits per heavy atom. The molecule has 27 heavy (non-hydrogen) atoms. The first-order chi connectivity index (χ1) is 13.2.